The van der Waals surface area contributed by atoms with E-state index in [0.29, 0.717) is 11.5 Å². The number of furan rings is 1. The molecule has 1 amide bonds. The van der Waals surface area contributed by atoms with E-state index in [2.05, 4.69) is 22.3 Å². The van der Waals surface area contributed by atoms with Crippen molar-refractivity contribution in [1.82, 2.24) is 10.5 Å². The van der Waals surface area contributed by atoms with Gasteiger partial charge >= 0.3 is 0 Å². The summed E-state index contributed by atoms with van der Waals surface area (Å²) in [5, 5.41) is 6.18. The third-order valence-corrected chi connectivity index (χ3v) is 3.16. The minimum atomic E-state index is -0.807. The number of aromatic nitrogens is 1. The molecule has 0 saturated heterocycles. The third-order valence-electron chi connectivity index (χ3n) is 3.16. The topological polar surface area (TPSA) is 77.5 Å². The van der Waals surface area contributed by atoms with Crippen LogP contribution in [0, 0.1) is 23.5 Å². The second-order valence-electron chi connectivity index (χ2n) is 4.95. The predicted molar refractivity (Wildman–Crippen MR) is 86.2 cm³/mol. The van der Waals surface area contributed by atoms with Gasteiger partial charge in [0, 0.05) is 12.1 Å². The maximum absolute atomic E-state index is 13.3. The quantitative estimate of drug-likeness (QED) is 0.710. The number of rotatable bonds is 5. The summed E-state index contributed by atoms with van der Waals surface area (Å²) in [5.74, 6) is 3.98. The smallest absolute Gasteiger partial charge is 0.274 e. The summed E-state index contributed by atoms with van der Waals surface area (Å²) < 4.78 is 41.3. The van der Waals surface area contributed by atoms with E-state index in [-0.39, 0.29) is 24.6 Å². The third kappa shape index (κ3) is 4.27. The number of hydrogen-bond donors (Lipinski definition) is 1. The van der Waals surface area contributed by atoms with Gasteiger partial charge < -0.3 is 19.0 Å². The van der Waals surface area contributed by atoms with Crippen LogP contribution in [0.3, 0.4) is 0 Å². The minimum absolute atomic E-state index is 0.0387. The summed E-state index contributed by atoms with van der Waals surface area (Å²) >= 11 is 0. The number of nitrogens with one attached hydrogen (secondary N) is 1. The maximum Gasteiger partial charge on any atom is 0.274 e. The monoisotopic (exact) mass is 358 g/mol. The number of nitrogens with zero attached hydrogens (tertiary/aromatic N) is 1. The maximum atomic E-state index is 13.3. The van der Waals surface area contributed by atoms with Crippen LogP contribution in [0.2, 0.25) is 0 Å². The van der Waals surface area contributed by atoms with Crippen LogP contribution in [0.5, 0.6) is 5.75 Å². The van der Waals surface area contributed by atoms with Gasteiger partial charge in [-0.15, -0.1) is 0 Å². The molecule has 2 aromatic heterocycles. The number of carbonyl (C=O) groups is 1. The van der Waals surface area contributed by atoms with Crippen molar-refractivity contribution >= 4 is 5.91 Å². The van der Waals surface area contributed by atoms with E-state index in [1.807, 2.05) is 0 Å². The van der Waals surface area contributed by atoms with Crippen LogP contribution in [-0.2, 0) is 0 Å². The molecule has 0 fully saturated rings. The van der Waals surface area contributed by atoms with Gasteiger partial charge in [0.15, 0.2) is 23.0 Å². The standard InChI is InChI=1S/C18H12F2N2O4/c19-12-5-6-15(13(20)10-12)24-8-2-1-7-21-18(23)14-11-17(26-22-14)16-4-3-9-25-16/h3-6,9-11H,7-8H2,(H,21,23). The molecular weight excluding hydrogens is 346 g/mol. The number of hydrogen-bond acceptors (Lipinski definition) is 5. The van der Waals surface area contributed by atoms with Gasteiger partial charge in [0.05, 0.1) is 12.8 Å². The molecule has 0 aliphatic heterocycles. The number of amides is 1. The molecule has 3 aromatic rings. The SMILES string of the molecule is O=C(NCC#CCOc1ccc(F)cc1F)c1cc(-c2ccco2)on1. The molecular formula is C18H12F2N2O4. The molecule has 0 saturated carbocycles. The first-order chi connectivity index (χ1) is 12.6. The predicted octanol–water partition coefficient (Wildman–Crippen LogP) is 3.03. The first-order valence-corrected chi connectivity index (χ1v) is 7.46. The molecule has 26 heavy (non-hydrogen) atoms. The average molecular weight is 358 g/mol. The first kappa shape index (κ1) is 17.2. The summed E-state index contributed by atoms with van der Waals surface area (Å²) in [6.07, 6.45) is 1.48. The van der Waals surface area contributed by atoms with Crippen molar-refractivity contribution in [3.8, 4) is 29.1 Å². The van der Waals surface area contributed by atoms with Crippen molar-refractivity contribution in [2.75, 3.05) is 13.2 Å². The fraction of sp³-hybridized carbons (Fsp3) is 0.111. The summed E-state index contributed by atoms with van der Waals surface area (Å²) in [4.78, 5) is 11.9. The van der Waals surface area contributed by atoms with Crippen LogP contribution in [0.4, 0.5) is 8.78 Å². The van der Waals surface area contributed by atoms with Gasteiger partial charge in [-0.05, 0) is 24.3 Å². The van der Waals surface area contributed by atoms with Gasteiger partial charge in [-0.25, -0.2) is 8.78 Å². The highest BCUT2D eigenvalue weighted by Gasteiger charge is 2.14. The largest absolute Gasteiger partial charge is 0.478 e. The Kier molecular flexibility index (Phi) is 5.29. The molecule has 1 aromatic carbocycles. The minimum Gasteiger partial charge on any atom is -0.478 e. The number of benzene rings is 1. The molecule has 2 heterocycles. The van der Waals surface area contributed by atoms with E-state index in [1.165, 1.54) is 18.4 Å². The van der Waals surface area contributed by atoms with Gasteiger partial charge in [-0.1, -0.05) is 17.0 Å². The molecule has 3 rings (SSSR count). The fourth-order valence-electron chi connectivity index (χ4n) is 1.95. The molecule has 1 N–H and O–H groups in total. The number of halogens is 2. The molecule has 0 spiro atoms. The van der Waals surface area contributed by atoms with Crippen LogP contribution in [0.25, 0.3) is 11.5 Å². The number of ether oxygens (including phenoxy) is 1. The van der Waals surface area contributed by atoms with Crippen molar-refractivity contribution in [2.24, 2.45) is 0 Å². The molecule has 0 bridgehead atoms. The molecule has 8 heteroatoms. The van der Waals surface area contributed by atoms with Crippen molar-refractivity contribution in [3.05, 3.63) is 60.0 Å². The normalized spacial score (nSPS) is 10.1. The van der Waals surface area contributed by atoms with Crippen LogP contribution in [0.15, 0.2) is 51.6 Å². The Morgan fingerprint density at radius 3 is 2.85 bits per heavy atom. The Morgan fingerprint density at radius 1 is 1.19 bits per heavy atom. The summed E-state index contributed by atoms with van der Waals surface area (Å²) in [5.41, 5.74) is 0.0860. The highest BCUT2D eigenvalue weighted by Crippen LogP contribution is 2.20. The molecule has 0 aliphatic rings. The summed E-state index contributed by atoms with van der Waals surface area (Å²) in [6, 6.07) is 7.79. The summed E-state index contributed by atoms with van der Waals surface area (Å²) in [6.45, 7) is -0.0674. The van der Waals surface area contributed by atoms with Gasteiger partial charge in [-0.2, -0.15) is 0 Å². The van der Waals surface area contributed by atoms with Crippen molar-refractivity contribution < 1.29 is 27.3 Å². The lowest BCUT2D eigenvalue weighted by Gasteiger charge is -2.02. The fourth-order valence-corrected chi connectivity index (χ4v) is 1.95. The van der Waals surface area contributed by atoms with Crippen LogP contribution in [-0.4, -0.2) is 24.2 Å². The molecule has 132 valence electrons. The van der Waals surface area contributed by atoms with Crippen LogP contribution in [0.1, 0.15) is 10.5 Å². The van der Waals surface area contributed by atoms with Gasteiger partial charge in [-0.3, -0.25) is 4.79 Å². The van der Waals surface area contributed by atoms with Gasteiger partial charge in [0.2, 0.25) is 5.76 Å². The lowest BCUT2D eigenvalue weighted by atomic mass is 10.3. The Hall–Kier alpha value is -3.60. The Morgan fingerprint density at radius 2 is 2.08 bits per heavy atom. The zero-order valence-corrected chi connectivity index (χ0v) is 13.3. The lowest BCUT2D eigenvalue weighted by Crippen LogP contribution is -2.23. The van der Waals surface area contributed by atoms with E-state index in [4.69, 9.17) is 13.7 Å². The Bertz CT molecular complexity index is 955. The van der Waals surface area contributed by atoms with E-state index in [0.717, 1.165) is 12.1 Å². The second-order valence-corrected chi connectivity index (χ2v) is 4.95. The van der Waals surface area contributed by atoms with E-state index in [9.17, 15) is 13.6 Å². The second kappa shape index (κ2) is 7.98. The Balaban J connectivity index is 1.45. The zero-order chi connectivity index (χ0) is 18.4. The zero-order valence-electron chi connectivity index (χ0n) is 13.3. The Labute approximate surface area is 146 Å². The molecule has 0 unspecified atom stereocenters. The number of carbonyl (C=O) groups excluding carboxylic acids is 1. The van der Waals surface area contributed by atoms with Gasteiger partial charge in [0.25, 0.3) is 5.91 Å². The molecule has 0 radical (unpaired) electrons. The highest BCUT2D eigenvalue weighted by molar-refractivity contribution is 5.93. The van der Waals surface area contributed by atoms with Gasteiger partial charge in [0.1, 0.15) is 12.4 Å². The lowest BCUT2D eigenvalue weighted by molar-refractivity contribution is 0.0949. The van der Waals surface area contributed by atoms with E-state index >= 15 is 0 Å². The molecule has 0 aliphatic carbocycles. The van der Waals surface area contributed by atoms with E-state index < -0.39 is 17.5 Å². The highest BCUT2D eigenvalue weighted by atomic mass is 19.1. The van der Waals surface area contributed by atoms with Crippen LogP contribution < -0.4 is 10.1 Å². The van der Waals surface area contributed by atoms with Crippen LogP contribution >= 0.6 is 0 Å². The van der Waals surface area contributed by atoms with Crippen molar-refractivity contribution in [3.63, 3.8) is 0 Å². The molecule has 6 nitrogen and oxygen atoms in total. The summed E-state index contributed by atoms with van der Waals surface area (Å²) in [7, 11) is 0. The van der Waals surface area contributed by atoms with E-state index in [1.54, 1.807) is 12.1 Å². The first-order valence-electron chi connectivity index (χ1n) is 7.46. The van der Waals surface area contributed by atoms with Crippen molar-refractivity contribution in [2.45, 2.75) is 0 Å². The average Bonchev–Trinajstić information content (AvgIpc) is 3.30. The molecule has 0 atom stereocenters. The van der Waals surface area contributed by atoms with Crippen molar-refractivity contribution in [1.29, 1.82) is 0 Å².